The van der Waals surface area contributed by atoms with Crippen LogP contribution in [0.5, 0.6) is 0 Å². The number of hydrogen-bond donors (Lipinski definition) is 3. The van der Waals surface area contributed by atoms with Crippen LogP contribution in [-0.2, 0) is 16.0 Å². The molecule has 2 rings (SSSR count). The second-order valence-corrected chi connectivity index (χ2v) is 8.20. The maximum absolute atomic E-state index is 12.7. The summed E-state index contributed by atoms with van der Waals surface area (Å²) in [7, 11) is 0. The lowest BCUT2D eigenvalue weighted by atomic mass is 10.0. The van der Waals surface area contributed by atoms with Gasteiger partial charge < -0.3 is 20.5 Å². The number of benzene rings is 2. The Morgan fingerprint density at radius 3 is 1.90 bits per heavy atom. The molecule has 0 aliphatic rings. The highest BCUT2D eigenvalue weighted by atomic mass is 16.6. The average Bonchev–Trinajstić information content (AvgIpc) is 2.67. The van der Waals surface area contributed by atoms with Gasteiger partial charge in [0.25, 0.3) is 5.91 Å². The standard InChI is InChI=1S/C23H30N2O4/c1-6-16-7-9-17(10-8-16)18-11-13-19(14-12-18)24-20(27)23(5,15-26)25-21(28)29-22(2,3)4/h7-14,26H,6,15H2,1-5H3,(H,24,27)(H,25,28)/t23-/m0/s1. The summed E-state index contributed by atoms with van der Waals surface area (Å²) in [4.78, 5) is 24.7. The SMILES string of the molecule is CCc1ccc(-c2ccc(NC(=O)[C@](C)(CO)NC(=O)OC(C)(C)C)cc2)cc1. The summed E-state index contributed by atoms with van der Waals surface area (Å²) in [5.74, 6) is -0.536. The zero-order valence-corrected chi connectivity index (χ0v) is 17.7. The number of carbonyl (C=O) groups is 2. The van der Waals surface area contributed by atoms with Crippen LogP contribution in [0.4, 0.5) is 10.5 Å². The summed E-state index contributed by atoms with van der Waals surface area (Å²) < 4.78 is 5.18. The molecule has 0 fully saturated rings. The molecular weight excluding hydrogens is 368 g/mol. The van der Waals surface area contributed by atoms with Crippen LogP contribution in [0.25, 0.3) is 11.1 Å². The quantitative estimate of drug-likeness (QED) is 0.683. The van der Waals surface area contributed by atoms with E-state index in [1.54, 1.807) is 32.9 Å². The third-order valence-electron chi connectivity index (χ3n) is 4.43. The van der Waals surface area contributed by atoms with Crippen molar-refractivity contribution in [3.8, 4) is 11.1 Å². The molecule has 2 aromatic carbocycles. The van der Waals surface area contributed by atoms with Gasteiger partial charge in [0, 0.05) is 5.69 Å². The highest BCUT2D eigenvalue weighted by Gasteiger charge is 2.36. The Kier molecular flexibility index (Phi) is 7.03. The fraction of sp³-hybridized carbons (Fsp3) is 0.391. The summed E-state index contributed by atoms with van der Waals surface area (Å²) in [5, 5.41) is 14.9. The first-order valence-corrected chi connectivity index (χ1v) is 9.69. The minimum atomic E-state index is -1.52. The smallest absolute Gasteiger partial charge is 0.408 e. The topological polar surface area (TPSA) is 87.7 Å². The number of aliphatic hydroxyl groups is 1. The van der Waals surface area contributed by atoms with E-state index in [2.05, 4.69) is 41.8 Å². The number of carbonyl (C=O) groups excluding carboxylic acids is 2. The van der Waals surface area contributed by atoms with Gasteiger partial charge in [0.15, 0.2) is 0 Å². The molecule has 0 radical (unpaired) electrons. The van der Waals surface area contributed by atoms with Gasteiger partial charge in [-0.1, -0.05) is 43.3 Å². The molecule has 156 valence electrons. The molecule has 29 heavy (non-hydrogen) atoms. The number of ether oxygens (including phenoxy) is 1. The van der Waals surface area contributed by atoms with E-state index in [0.29, 0.717) is 5.69 Å². The van der Waals surface area contributed by atoms with Crippen molar-refractivity contribution in [1.82, 2.24) is 5.32 Å². The Hall–Kier alpha value is -2.86. The van der Waals surface area contributed by atoms with E-state index in [9.17, 15) is 14.7 Å². The molecule has 1 atom stereocenters. The lowest BCUT2D eigenvalue weighted by Gasteiger charge is -2.29. The fourth-order valence-electron chi connectivity index (χ4n) is 2.64. The Balaban J connectivity index is 2.06. The number of amides is 2. The van der Waals surface area contributed by atoms with Crippen molar-refractivity contribution in [2.24, 2.45) is 0 Å². The Labute approximate surface area is 172 Å². The van der Waals surface area contributed by atoms with Crippen LogP contribution in [0.2, 0.25) is 0 Å². The van der Waals surface area contributed by atoms with E-state index in [1.165, 1.54) is 12.5 Å². The van der Waals surface area contributed by atoms with Crippen LogP contribution < -0.4 is 10.6 Å². The molecule has 2 aromatic rings. The highest BCUT2D eigenvalue weighted by molar-refractivity contribution is 6.00. The maximum atomic E-state index is 12.7. The number of anilines is 1. The molecule has 3 N–H and O–H groups in total. The predicted octanol–water partition coefficient (Wildman–Crippen LogP) is 4.13. The van der Waals surface area contributed by atoms with Gasteiger partial charge in [-0.25, -0.2) is 4.79 Å². The second-order valence-electron chi connectivity index (χ2n) is 8.20. The Morgan fingerprint density at radius 1 is 0.931 bits per heavy atom. The predicted molar refractivity (Wildman–Crippen MR) is 115 cm³/mol. The number of nitrogens with one attached hydrogen (secondary N) is 2. The van der Waals surface area contributed by atoms with Crippen molar-refractivity contribution in [3.63, 3.8) is 0 Å². The zero-order chi connectivity index (χ0) is 21.7. The van der Waals surface area contributed by atoms with E-state index in [1.807, 2.05) is 12.1 Å². The summed E-state index contributed by atoms with van der Waals surface area (Å²) >= 11 is 0. The maximum Gasteiger partial charge on any atom is 0.408 e. The fourth-order valence-corrected chi connectivity index (χ4v) is 2.64. The molecule has 6 nitrogen and oxygen atoms in total. The van der Waals surface area contributed by atoms with Gasteiger partial charge in [-0.15, -0.1) is 0 Å². The molecule has 0 aromatic heterocycles. The van der Waals surface area contributed by atoms with Crippen LogP contribution in [0, 0.1) is 0 Å². The summed E-state index contributed by atoms with van der Waals surface area (Å²) in [5.41, 5.74) is 1.74. The third-order valence-corrected chi connectivity index (χ3v) is 4.43. The van der Waals surface area contributed by atoms with Gasteiger partial charge >= 0.3 is 6.09 Å². The van der Waals surface area contributed by atoms with Crippen molar-refractivity contribution in [2.45, 2.75) is 52.2 Å². The van der Waals surface area contributed by atoms with Gasteiger partial charge in [-0.3, -0.25) is 4.79 Å². The largest absolute Gasteiger partial charge is 0.444 e. The molecule has 0 spiro atoms. The zero-order valence-electron chi connectivity index (χ0n) is 17.7. The van der Waals surface area contributed by atoms with E-state index in [4.69, 9.17) is 4.74 Å². The molecule has 0 aliphatic heterocycles. The summed E-state index contributed by atoms with van der Waals surface area (Å²) in [6.45, 7) is 8.15. The summed E-state index contributed by atoms with van der Waals surface area (Å²) in [6, 6.07) is 15.7. The lowest BCUT2D eigenvalue weighted by molar-refractivity contribution is -0.123. The van der Waals surface area contributed by atoms with E-state index in [-0.39, 0.29) is 0 Å². The van der Waals surface area contributed by atoms with E-state index < -0.39 is 29.7 Å². The van der Waals surface area contributed by atoms with Crippen molar-refractivity contribution < 1.29 is 19.4 Å². The van der Waals surface area contributed by atoms with Gasteiger partial charge in [-0.2, -0.15) is 0 Å². The minimum absolute atomic E-state index is 0.536. The first-order valence-electron chi connectivity index (χ1n) is 9.69. The van der Waals surface area contributed by atoms with Crippen molar-refractivity contribution in [3.05, 3.63) is 54.1 Å². The van der Waals surface area contributed by atoms with Gasteiger partial charge in [0.1, 0.15) is 11.1 Å². The number of aryl methyl sites for hydroxylation is 1. The molecule has 6 heteroatoms. The molecule has 0 aliphatic carbocycles. The molecule has 0 saturated carbocycles. The number of aliphatic hydroxyl groups excluding tert-OH is 1. The highest BCUT2D eigenvalue weighted by Crippen LogP contribution is 2.22. The lowest BCUT2D eigenvalue weighted by Crippen LogP contribution is -2.58. The second kappa shape index (κ2) is 9.09. The molecule has 0 unspecified atom stereocenters. The van der Waals surface area contributed by atoms with Gasteiger partial charge in [0.05, 0.1) is 6.61 Å². The third kappa shape index (κ3) is 6.32. The number of hydrogen-bond acceptors (Lipinski definition) is 4. The van der Waals surface area contributed by atoms with Crippen LogP contribution in [-0.4, -0.2) is 34.9 Å². The molecular formula is C23H30N2O4. The number of alkyl carbamates (subject to hydrolysis) is 1. The van der Waals surface area contributed by atoms with Crippen LogP contribution >= 0.6 is 0 Å². The molecule has 0 bridgehead atoms. The minimum Gasteiger partial charge on any atom is -0.444 e. The van der Waals surface area contributed by atoms with Crippen LogP contribution in [0.15, 0.2) is 48.5 Å². The first kappa shape index (κ1) is 22.4. The van der Waals surface area contributed by atoms with Crippen molar-refractivity contribution in [1.29, 1.82) is 0 Å². The van der Waals surface area contributed by atoms with Crippen LogP contribution in [0.3, 0.4) is 0 Å². The molecule has 2 amide bonds. The van der Waals surface area contributed by atoms with Gasteiger partial charge in [0.2, 0.25) is 0 Å². The van der Waals surface area contributed by atoms with Crippen molar-refractivity contribution >= 4 is 17.7 Å². The molecule has 0 saturated heterocycles. The normalized spacial score (nSPS) is 13.3. The van der Waals surface area contributed by atoms with Crippen LogP contribution in [0.1, 0.15) is 40.2 Å². The monoisotopic (exact) mass is 398 g/mol. The van der Waals surface area contributed by atoms with Crippen molar-refractivity contribution in [2.75, 3.05) is 11.9 Å². The Bertz CT molecular complexity index is 839. The molecule has 0 heterocycles. The van der Waals surface area contributed by atoms with E-state index in [0.717, 1.165) is 17.5 Å². The van der Waals surface area contributed by atoms with Gasteiger partial charge in [-0.05, 0) is 62.9 Å². The average molecular weight is 399 g/mol. The first-order chi connectivity index (χ1) is 13.6. The summed E-state index contributed by atoms with van der Waals surface area (Å²) in [6.07, 6.45) is 0.224. The van der Waals surface area contributed by atoms with E-state index >= 15 is 0 Å². The number of rotatable bonds is 6. The Morgan fingerprint density at radius 2 is 1.45 bits per heavy atom.